The number of hydrogen-bond donors (Lipinski definition) is 0. The Morgan fingerprint density at radius 3 is 2.48 bits per heavy atom. The van der Waals surface area contributed by atoms with Crippen molar-refractivity contribution in [3.63, 3.8) is 0 Å². The first kappa shape index (κ1) is 19.0. The molecule has 0 aliphatic carbocycles. The first-order valence-electron chi connectivity index (χ1n) is 9.08. The highest BCUT2D eigenvalue weighted by Crippen LogP contribution is 2.23. The molecule has 2 aromatic carbocycles. The van der Waals surface area contributed by atoms with Crippen LogP contribution >= 0.6 is 11.6 Å². The number of carbonyl (C=O) groups excluding carboxylic acids is 2. The predicted molar refractivity (Wildman–Crippen MR) is 111 cm³/mol. The first-order chi connectivity index (χ1) is 13.9. The van der Waals surface area contributed by atoms with Gasteiger partial charge < -0.3 is 13.7 Å². The van der Waals surface area contributed by atoms with Crippen molar-refractivity contribution in [1.82, 2.24) is 4.57 Å². The lowest BCUT2D eigenvalue weighted by atomic mass is 10.1. The first-order valence-corrected chi connectivity index (χ1v) is 9.45. The molecule has 0 saturated carbocycles. The molecule has 2 aromatic heterocycles. The van der Waals surface area contributed by atoms with Crippen LogP contribution < -0.4 is 0 Å². The number of furan rings is 1. The maximum atomic E-state index is 12.7. The summed E-state index contributed by atoms with van der Waals surface area (Å²) in [5.41, 5.74) is 3.68. The quantitative estimate of drug-likeness (QED) is 0.322. The van der Waals surface area contributed by atoms with E-state index in [4.69, 9.17) is 20.8 Å². The molecule has 2 heterocycles. The molecule has 0 saturated heterocycles. The number of halogens is 1. The summed E-state index contributed by atoms with van der Waals surface area (Å²) < 4.78 is 12.6. The highest BCUT2D eigenvalue weighted by atomic mass is 35.5. The van der Waals surface area contributed by atoms with E-state index in [1.54, 1.807) is 30.3 Å². The van der Waals surface area contributed by atoms with Crippen molar-refractivity contribution < 1.29 is 18.7 Å². The number of para-hydroxylation sites is 1. The third-order valence-electron chi connectivity index (χ3n) is 4.78. The van der Waals surface area contributed by atoms with Crippen LogP contribution in [0, 0.1) is 13.8 Å². The normalized spacial score (nSPS) is 11.0. The molecule has 29 heavy (non-hydrogen) atoms. The molecule has 0 aliphatic rings. The molecule has 0 fully saturated rings. The number of rotatable bonds is 5. The minimum Gasteiger partial charge on any atom is -0.451 e. The summed E-state index contributed by atoms with van der Waals surface area (Å²) in [6, 6.07) is 18.0. The van der Waals surface area contributed by atoms with Gasteiger partial charge in [0.2, 0.25) is 11.5 Å². The molecule has 5 nitrogen and oxygen atoms in total. The van der Waals surface area contributed by atoms with E-state index in [9.17, 15) is 9.59 Å². The van der Waals surface area contributed by atoms with Gasteiger partial charge in [-0.25, -0.2) is 4.79 Å². The second-order valence-electron chi connectivity index (χ2n) is 6.74. The van der Waals surface area contributed by atoms with Crippen molar-refractivity contribution in [2.75, 3.05) is 6.61 Å². The molecule has 4 aromatic rings. The van der Waals surface area contributed by atoms with Gasteiger partial charge >= 0.3 is 5.97 Å². The van der Waals surface area contributed by atoms with Crippen LogP contribution in [0.1, 0.15) is 32.3 Å². The lowest BCUT2D eigenvalue weighted by Gasteiger charge is -2.10. The summed E-state index contributed by atoms with van der Waals surface area (Å²) in [4.78, 5) is 25.0. The number of ether oxygens (including phenoxy) is 1. The van der Waals surface area contributed by atoms with Crippen molar-refractivity contribution in [3.8, 4) is 5.69 Å². The standard InChI is InChI=1S/C23H18ClNO4/c1-14-11-19(15(2)25(14)18-9-7-17(24)8-10-18)20(26)13-28-23(27)22-12-16-5-3-4-6-21(16)29-22/h3-12H,13H2,1-2H3. The fourth-order valence-corrected chi connectivity index (χ4v) is 3.52. The van der Waals surface area contributed by atoms with Gasteiger partial charge in [0.25, 0.3) is 0 Å². The zero-order valence-electron chi connectivity index (χ0n) is 15.9. The Bertz CT molecular complexity index is 1180. The highest BCUT2D eigenvalue weighted by molar-refractivity contribution is 6.30. The Balaban J connectivity index is 1.50. The highest BCUT2D eigenvalue weighted by Gasteiger charge is 2.20. The van der Waals surface area contributed by atoms with Crippen LogP contribution in [0.2, 0.25) is 5.02 Å². The number of ketones is 1. The third kappa shape index (κ3) is 3.69. The van der Waals surface area contributed by atoms with Crippen molar-refractivity contribution in [2.45, 2.75) is 13.8 Å². The van der Waals surface area contributed by atoms with E-state index in [0.29, 0.717) is 16.2 Å². The van der Waals surface area contributed by atoms with E-state index in [-0.39, 0.29) is 18.2 Å². The van der Waals surface area contributed by atoms with E-state index in [1.165, 1.54) is 0 Å². The van der Waals surface area contributed by atoms with Crippen LogP contribution in [0.15, 0.2) is 65.1 Å². The molecule has 0 spiro atoms. The Morgan fingerprint density at radius 2 is 1.76 bits per heavy atom. The number of Topliss-reactive ketones (excluding diaryl/α,β-unsaturated/α-hetero) is 1. The van der Waals surface area contributed by atoms with Crippen molar-refractivity contribution in [1.29, 1.82) is 0 Å². The van der Waals surface area contributed by atoms with E-state index < -0.39 is 5.97 Å². The maximum absolute atomic E-state index is 12.7. The van der Waals surface area contributed by atoms with Crippen molar-refractivity contribution >= 4 is 34.3 Å². The van der Waals surface area contributed by atoms with Crippen LogP contribution in [0.25, 0.3) is 16.7 Å². The van der Waals surface area contributed by atoms with Gasteiger partial charge in [-0.05, 0) is 56.3 Å². The summed E-state index contributed by atoms with van der Waals surface area (Å²) >= 11 is 5.96. The molecule has 0 unspecified atom stereocenters. The Kier molecular flexibility index (Phi) is 4.99. The molecule has 0 bridgehead atoms. The van der Waals surface area contributed by atoms with E-state index in [2.05, 4.69) is 0 Å². The summed E-state index contributed by atoms with van der Waals surface area (Å²) in [6.07, 6.45) is 0. The van der Waals surface area contributed by atoms with Crippen molar-refractivity contribution in [3.05, 3.63) is 88.4 Å². The molecule has 6 heteroatoms. The lowest BCUT2D eigenvalue weighted by molar-refractivity contribution is 0.0446. The minimum absolute atomic E-state index is 0.0747. The largest absolute Gasteiger partial charge is 0.451 e. The Morgan fingerprint density at radius 1 is 1.03 bits per heavy atom. The Labute approximate surface area is 172 Å². The summed E-state index contributed by atoms with van der Waals surface area (Å²) in [5.74, 6) is -0.866. The SMILES string of the molecule is Cc1cc(C(=O)COC(=O)c2cc3ccccc3o2)c(C)n1-c1ccc(Cl)cc1. The molecule has 0 aliphatic heterocycles. The topological polar surface area (TPSA) is 61.4 Å². The molecular formula is C23H18ClNO4. The fourth-order valence-electron chi connectivity index (χ4n) is 3.40. The molecule has 0 atom stereocenters. The van der Waals surface area contributed by atoms with E-state index >= 15 is 0 Å². The third-order valence-corrected chi connectivity index (χ3v) is 5.03. The summed E-state index contributed by atoms with van der Waals surface area (Å²) in [5, 5.41) is 1.45. The second-order valence-corrected chi connectivity index (χ2v) is 7.18. The zero-order valence-corrected chi connectivity index (χ0v) is 16.7. The van der Waals surface area contributed by atoms with E-state index in [0.717, 1.165) is 22.5 Å². The monoisotopic (exact) mass is 407 g/mol. The molecule has 0 N–H and O–H groups in total. The number of nitrogens with zero attached hydrogens (tertiary/aromatic N) is 1. The molecule has 0 amide bonds. The molecule has 4 rings (SSSR count). The van der Waals surface area contributed by atoms with Crippen LogP contribution in [-0.2, 0) is 4.74 Å². The lowest BCUT2D eigenvalue weighted by Crippen LogP contribution is -2.14. The molecule has 0 radical (unpaired) electrons. The average Bonchev–Trinajstić information content (AvgIpc) is 3.27. The number of carbonyl (C=O) groups is 2. The number of fused-ring (bicyclic) bond motifs is 1. The van der Waals surface area contributed by atoms with Crippen LogP contribution in [0.4, 0.5) is 0 Å². The van der Waals surface area contributed by atoms with Gasteiger partial charge in [0.05, 0.1) is 0 Å². The number of esters is 1. The van der Waals surface area contributed by atoms with Gasteiger partial charge in [0.1, 0.15) is 5.58 Å². The number of benzene rings is 2. The van der Waals surface area contributed by atoms with Gasteiger partial charge in [0.15, 0.2) is 6.61 Å². The summed E-state index contributed by atoms with van der Waals surface area (Å²) in [7, 11) is 0. The van der Waals surface area contributed by atoms with E-state index in [1.807, 2.05) is 48.7 Å². The number of aryl methyl sites for hydroxylation is 1. The smallest absolute Gasteiger partial charge is 0.374 e. The Hall–Kier alpha value is -3.31. The van der Waals surface area contributed by atoms with Gasteiger partial charge in [-0.15, -0.1) is 0 Å². The molecular weight excluding hydrogens is 390 g/mol. The van der Waals surface area contributed by atoms with Gasteiger partial charge in [-0.3, -0.25) is 4.79 Å². The minimum atomic E-state index is -0.666. The molecule has 146 valence electrons. The summed E-state index contributed by atoms with van der Waals surface area (Å²) in [6.45, 7) is 3.41. The second kappa shape index (κ2) is 7.60. The predicted octanol–water partition coefficient (Wildman–Crippen LogP) is 5.53. The number of aromatic nitrogens is 1. The van der Waals surface area contributed by atoms with Gasteiger partial charge in [-0.2, -0.15) is 0 Å². The maximum Gasteiger partial charge on any atom is 0.374 e. The average molecular weight is 408 g/mol. The van der Waals surface area contributed by atoms with Gasteiger partial charge in [0, 0.05) is 33.0 Å². The van der Waals surface area contributed by atoms with Gasteiger partial charge in [-0.1, -0.05) is 29.8 Å². The zero-order chi connectivity index (χ0) is 20.5. The van der Waals surface area contributed by atoms with Crippen LogP contribution in [-0.4, -0.2) is 22.9 Å². The number of hydrogen-bond acceptors (Lipinski definition) is 4. The van der Waals surface area contributed by atoms with Crippen LogP contribution in [0.5, 0.6) is 0 Å². The van der Waals surface area contributed by atoms with Crippen LogP contribution in [0.3, 0.4) is 0 Å². The van der Waals surface area contributed by atoms with Crippen molar-refractivity contribution in [2.24, 2.45) is 0 Å². The fraction of sp³-hybridized carbons (Fsp3) is 0.130.